The molecule has 0 radical (unpaired) electrons. The first-order valence-electron chi connectivity index (χ1n) is 11.8. The lowest BCUT2D eigenvalue weighted by atomic mass is 9.98. The topological polar surface area (TPSA) is 90.0 Å². The fourth-order valence-corrected chi connectivity index (χ4v) is 4.73. The first-order valence-corrected chi connectivity index (χ1v) is 12.1. The second kappa shape index (κ2) is 10.4. The Balaban J connectivity index is 1.16. The van der Waals surface area contributed by atoms with E-state index in [-0.39, 0.29) is 37.0 Å². The van der Waals surface area contributed by atoms with Gasteiger partial charge in [-0.1, -0.05) is 29.8 Å². The van der Waals surface area contributed by atoms with E-state index in [0.29, 0.717) is 42.1 Å². The van der Waals surface area contributed by atoms with E-state index in [0.717, 1.165) is 24.0 Å². The number of piperidine rings is 1. The zero-order chi connectivity index (χ0) is 24.2. The second-order valence-corrected chi connectivity index (χ2v) is 9.29. The third-order valence-corrected chi connectivity index (χ3v) is 6.60. The van der Waals surface area contributed by atoms with Gasteiger partial charge in [-0.15, -0.1) is 0 Å². The van der Waals surface area contributed by atoms with Gasteiger partial charge in [0.25, 0.3) is 5.91 Å². The number of carbonyl (C=O) groups is 1. The Kier molecular flexibility index (Phi) is 6.94. The zero-order valence-corrected chi connectivity index (χ0v) is 19.9. The van der Waals surface area contributed by atoms with Crippen molar-refractivity contribution in [3.8, 4) is 5.75 Å². The summed E-state index contributed by atoms with van der Waals surface area (Å²) in [5.41, 5.74) is 1.77. The van der Waals surface area contributed by atoms with Gasteiger partial charge in [-0.25, -0.2) is 4.39 Å². The molecule has 8 nitrogen and oxygen atoms in total. The van der Waals surface area contributed by atoms with Crippen molar-refractivity contribution in [2.75, 3.05) is 32.8 Å². The molecule has 1 aromatic carbocycles. The minimum atomic E-state index is -0.297. The standard InChI is InChI=1S/C25H28ClFN6O2/c26-17-9-19-20(12-30-23(19)29-11-17)24-31-13-21(27)25(32-24)28-10-16-5-4-8-33(14-16)22(34)15-35-18-6-2-1-3-7-18/h1-3,6-7,9,11-12,16,23,28-29,31-32H,4-5,8,10,13-15H2/t16?,23-/m0/s1. The Bertz CT molecular complexity index is 1130. The average molecular weight is 499 g/mol. The monoisotopic (exact) mass is 498 g/mol. The molecule has 4 heterocycles. The highest BCUT2D eigenvalue weighted by Crippen LogP contribution is 2.28. The summed E-state index contributed by atoms with van der Waals surface area (Å²) >= 11 is 6.15. The number of carbonyl (C=O) groups excluding carboxylic acids is 1. The van der Waals surface area contributed by atoms with Crippen molar-refractivity contribution in [2.24, 2.45) is 10.9 Å². The summed E-state index contributed by atoms with van der Waals surface area (Å²) in [5, 5.41) is 13.2. The van der Waals surface area contributed by atoms with Crippen LogP contribution in [0.25, 0.3) is 0 Å². The fourth-order valence-electron chi connectivity index (χ4n) is 4.55. The van der Waals surface area contributed by atoms with E-state index in [2.05, 4.69) is 26.3 Å². The number of allylic oxidation sites excluding steroid dienone is 2. The third-order valence-electron chi connectivity index (χ3n) is 6.39. The molecule has 35 heavy (non-hydrogen) atoms. The van der Waals surface area contributed by atoms with Crippen LogP contribution in [0.4, 0.5) is 4.39 Å². The normalized spacial score (nSPS) is 25.6. The van der Waals surface area contributed by atoms with Crippen molar-refractivity contribution in [3.05, 3.63) is 76.3 Å². The van der Waals surface area contributed by atoms with Crippen LogP contribution in [-0.2, 0) is 4.79 Å². The van der Waals surface area contributed by atoms with Crippen LogP contribution in [0.3, 0.4) is 0 Å². The predicted molar refractivity (Wildman–Crippen MR) is 133 cm³/mol. The Morgan fingerprint density at radius 1 is 1.31 bits per heavy atom. The lowest BCUT2D eigenvalue weighted by Gasteiger charge is -2.34. The van der Waals surface area contributed by atoms with Gasteiger partial charge in [0.05, 0.1) is 11.6 Å². The van der Waals surface area contributed by atoms with Crippen molar-refractivity contribution in [1.82, 2.24) is 26.2 Å². The van der Waals surface area contributed by atoms with Gasteiger partial charge in [-0.2, -0.15) is 0 Å². The fraction of sp³-hybridized carbons (Fsp3) is 0.360. The van der Waals surface area contributed by atoms with Crippen LogP contribution in [0.2, 0.25) is 0 Å². The Hall–Kier alpha value is -3.46. The molecule has 1 fully saturated rings. The van der Waals surface area contributed by atoms with Gasteiger partial charge in [-0.05, 0) is 37.0 Å². The molecule has 1 amide bonds. The number of aliphatic imine (C=N–C) groups is 1. The average Bonchev–Trinajstić information content (AvgIpc) is 3.30. The SMILES string of the molecule is O=C(COc1ccccc1)N1CCCC(CNC2=C(F)CNC(=C3C=N[C@@H]4NC=C(Cl)C=C34)N2)C1. The van der Waals surface area contributed by atoms with Gasteiger partial charge in [0, 0.05) is 43.2 Å². The number of rotatable bonds is 6. The van der Waals surface area contributed by atoms with Crippen LogP contribution < -0.4 is 26.0 Å². The predicted octanol–water partition coefficient (Wildman–Crippen LogP) is 2.46. The number of para-hydroxylation sites is 1. The molecular weight excluding hydrogens is 471 g/mol. The van der Waals surface area contributed by atoms with Crippen molar-refractivity contribution in [3.63, 3.8) is 0 Å². The summed E-state index contributed by atoms with van der Waals surface area (Å²) in [6, 6.07) is 9.32. The number of hydrogen-bond acceptors (Lipinski definition) is 7. The smallest absolute Gasteiger partial charge is 0.260 e. The van der Waals surface area contributed by atoms with E-state index < -0.39 is 0 Å². The van der Waals surface area contributed by atoms with Gasteiger partial charge in [-0.3, -0.25) is 9.79 Å². The van der Waals surface area contributed by atoms with Crippen molar-refractivity contribution >= 4 is 23.7 Å². The molecule has 2 atom stereocenters. The third kappa shape index (κ3) is 5.45. The number of dihydropyridines is 1. The number of amides is 1. The van der Waals surface area contributed by atoms with E-state index in [9.17, 15) is 9.18 Å². The molecular formula is C25H28ClFN6O2. The van der Waals surface area contributed by atoms with Crippen molar-refractivity contribution < 1.29 is 13.9 Å². The van der Waals surface area contributed by atoms with Crippen LogP contribution in [0.15, 0.2) is 81.2 Å². The molecule has 4 N–H and O–H groups in total. The molecule has 4 aliphatic heterocycles. The van der Waals surface area contributed by atoms with Crippen molar-refractivity contribution in [2.45, 2.75) is 19.0 Å². The maximum atomic E-state index is 14.6. The number of halogens is 2. The number of nitrogens with zero attached hydrogens (tertiary/aromatic N) is 2. The van der Waals surface area contributed by atoms with Gasteiger partial charge < -0.3 is 30.9 Å². The second-order valence-electron chi connectivity index (χ2n) is 8.85. The number of nitrogens with one attached hydrogen (secondary N) is 4. The van der Waals surface area contributed by atoms with Crippen LogP contribution >= 0.6 is 11.6 Å². The van der Waals surface area contributed by atoms with Crippen LogP contribution in [0.1, 0.15) is 12.8 Å². The molecule has 0 spiro atoms. The molecule has 1 unspecified atom stereocenters. The summed E-state index contributed by atoms with van der Waals surface area (Å²) in [4.78, 5) is 18.9. The molecule has 0 aliphatic carbocycles. The van der Waals surface area contributed by atoms with E-state index in [4.69, 9.17) is 16.3 Å². The van der Waals surface area contributed by atoms with Crippen LogP contribution in [0.5, 0.6) is 5.75 Å². The lowest BCUT2D eigenvalue weighted by molar-refractivity contribution is -0.135. The molecule has 10 heteroatoms. The number of ether oxygens (including phenoxy) is 1. The Morgan fingerprint density at radius 2 is 2.17 bits per heavy atom. The summed E-state index contributed by atoms with van der Waals surface area (Å²) in [6.07, 6.45) is 7.01. The lowest BCUT2D eigenvalue weighted by Crippen LogP contribution is -2.46. The highest BCUT2D eigenvalue weighted by molar-refractivity contribution is 6.31. The Labute approximate surface area is 208 Å². The number of benzene rings is 1. The molecule has 184 valence electrons. The van der Waals surface area contributed by atoms with Gasteiger partial charge in [0.15, 0.2) is 12.4 Å². The summed E-state index contributed by atoms with van der Waals surface area (Å²) in [5.74, 6) is 1.58. The van der Waals surface area contributed by atoms with Gasteiger partial charge in [0.2, 0.25) is 0 Å². The van der Waals surface area contributed by atoms with E-state index in [1.54, 1.807) is 12.4 Å². The minimum absolute atomic E-state index is 0.0144. The first kappa shape index (κ1) is 23.3. The number of likely N-dealkylation sites (tertiary alicyclic amines) is 1. The van der Waals surface area contributed by atoms with Crippen LogP contribution in [-0.4, -0.2) is 56.0 Å². The Morgan fingerprint density at radius 3 is 3.03 bits per heavy atom. The maximum absolute atomic E-state index is 14.6. The summed E-state index contributed by atoms with van der Waals surface area (Å²) < 4.78 is 20.2. The van der Waals surface area contributed by atoms with E-state index in [1.165, 1.54) is 0 Å². The van der Waals surface area contributed by atoms with Crippen LogP contribution in [0, 0.1) is 5.92 Å². The molecule has 1 aromatic rings. The maximum Gasteiger partial charge on any atom is 0.260 e. The van der Waals surface area contributed by atoms with Crippen molar-refractivity contribution in [1.29, 1.82) is 0 Å². The summed E-state index contributed by atoms with van der Waals surface area (Å²) in [6.45, 7) is 1.97. The van der Waals surface area contributed by atoms with Gasteiger partial charge in [0.1, 0.15) is 23.6 Å². The molecule has 4 aliphatic rings. The minimum Gasteiger partial charge on any atom is -0.484 e. The number of fused-ring (bicyclic) bond motifs is 1. The van der Waals surface area contributed by atoms with E-state index in [1.807, 2.05) is 41.3 Å². The largest absolute Gasteiger partial charge is 0.484 e. The summed E-state index contributed by atoms with van der Waals surface area (Å²) in [7, 11) is 0. The van der Waals surface area contributed by atoms with Gasteiger partial charge >= 0.3 is 0 Å². The molecule has 0 bridgehead atoms. The zero-order valence-electron chi connectivity index (χ0n) is 19.2. The highest BCUT2D eigenvalue weighted by Gasteiger charge is 2.29. The molecule has 0 aromatic heterocycles. The first-order chi connectivity index (χ1) is 17.1. The highest BCUT2D eigenvalue weighted by atomic mass is 35.5. The van der Waals surface area contributed by atoms with E-state index >= 15 is 0 Å². The molecule has 0 saturated carbocycles. The number of hydrogen-bond donors (Lipinski definition) is 4. The molecule has 1 saturated heterocycles. The molecule has 5 rings (SSSR count). The quantitative estimate of drug-likeness (QED) is 0.482.